The number of aromatic nitrogens is 2. The summed E-state index contributed by atoms with van der Waals surface area (Å²) in [5.41, 5.74) is 0. The minimum atomic E-state index is -0.237. The maximum atomic E-state index is 10.8. The molecule has 72 valence electrons. The van der Waals surface area contributed by atoms with Gasteiger partial charge >= 0.3 is 0 Å². The SMILES string of the molecule is O=CC(Cn1ccnc1)c1ccco1. The Balaban J connectivity index is 2.12. The van der Waals surface area contributed by atoms with Crippen LogP contribution in [0.25, 0.3) is 0 Å². The maximum absolute atomic E-state index is 10.8. The van der Waals surface area contributed by atoms with Crippen molar-refractivity contribution in [3.8, 4) is 0 Å². The van der Waals surface area contributed by atoms with Crippen molar-refractivity contribution in [2.24, 2.45) is 0 Å². The zero-order valence-electron chi connectivity index (χ0n) is 7.54. The quantitative estimate of drug-likeness (QED) is 0.686. The lowest BCUT2D eigenvalue weighted by Gasteiger charge is -2.07. The standard InChI is InChI=1S/C10H10N2O2/c13-7-9(10-2-1-5-14-10)6-12-4-3-11-8-12/h1-5,7-9H,6H2. The van der Waals surface area contributed by atoms with Crippen molar-refractivity contribution in [1.29, 1.82) is 0 Å². The molecule has 14 heavy (non-hydrogen) atoms. The third-order valence-corrected chi connectivity index (χ3v) is 2.04. The second kappa shape index (κ2) is 3.91. The molecule has 0 spiro atoms. The number of carbonyl (C=O) groups is 1. The first-order valence-electron chi connectivity index (χ1n) is 4.34. The number of nitrogens with zero attached hydrogens (tertiary/aromatic N) is 2. The molecule has 0 fully saturated rings. The molecule has 0 saturated carbocycles. The highest BCUT2D eigenvalue weighted by Gasteiger charge is 2.13. The van der Waals surface area contributed by atoms with Crippen LogP contribution < -0.4 is 0 Å². The van der Waals surface area contributed by atoms with Crippen molar-refractivity contribution >= 4 is 6.29 Å². The van der Waals surface area contributed by atoms with Crippen LogP contribution in [0.4, 0.5) is 0 Å². The lowest BCUT2D eigenvalue weighted by Crippen LogP contribution is -2.08. The summed E-state index contributed by atoms with van der Waals surface area (Å²) in [6.45, 7) is 0.566. The van der Waals surface area contributed by atoms with Crippen LogP contribution in [0.15, 0.2) is 41.5 Å². The van der Waals surface area contributed by atoms with Gasteiger partial charge in [-0.05, 0) is 12.1 Å². The molecule has 2 aromatic heterocycles. The summed E-state index contributed by atoms with van der Waals surface area (Å²) >= 11 is 0. The van der Waals surface area contributed by atoms with Gasteiger partial charge in [-0.15, -0.1) is 0 Å². The van der Waals surface area contributed by atoms with Gasteiger partial charge in [0.05, 0.1) is 18.5 Å². The highest BCUT2D eigenvalue weighted by molar-refractivity contribution is 5.60. The average molecular weight is 190 g/mol. The Bertz CT molecular complexity index is 378. The zero-order valence-corrected chi connectivity index (χ0v) is 7.54. The lowest BCUT2D eigenvalue weighted by atomic mass is 10.1. The highest BCUT2D eigenvalue weighted by atomic mass is 16.3. The van der Waals surface area contributed by atoms with Crippen LogP contribution in [0.1, 0.15) is 11.7 Å². The van der Waals surface area contributed by atoms with E-state index in [1.54, 1.807) is 30.9 Å². The van der Waals surface area contributed by atoms with Gasteiger partial charge in [-0.25, -0.2) is 4.98 Å². The second-order valence-corrected chi connectivity index (χ2v) is 3.02. The molecule has 1 atom stereocenters. The molecule has 0 aliphatic carbocycles. The van der Waals surface area contributed by atoms with E-state index in [1.807, 2.05) is 10.8 Å². The summed E-state index contributed by atoms with van der Waals surface area (Å²) in [6, 6.07) is 3.58. The normalized spacial score (nSPS) is 12.6. The second-order valence-electron chi connectivity index (χ2n) is 3.02. The Hall–Kier alpha value is -1.84. The Kier molecular flexibility index (Phi) is 2.44. The van der Waals surface area contributed by atoms with Gasteiger partial charge in [-0.2, -0.15) is 0 Å². The van der Waals surface area contributed by atoms with E-state index < -0.39 is 0 Å². The number of hydrogen-bond donors (Lipinski definition) is 0. The molecule has 0 aliphatic heterocycles. The van der Waals surface area contributed by atoms with Crippen molar-refractivity contribution in [1.82, 2.24) is 9.55 Å². The molecule has 0 aromatic carbocycles. The van der Waals surface area contributed by atoms with Gasteiger partial charge in [-0.1, -0.05) is 0 Å². The van der Waals surface area contributed by atoms with E-state index in [0.717, 1.165) is 6.29 Å². The van der Waals surface area contributed by atoms with Crippen LogP contribution in [0.2, 0.25) is 0 Å². The fraction of sp³-hybridized carbons (Fsp3) is 0.200. The van der Waals surface area contributed by atoms with E-state index in [2.05, 4.69) is 4.98 Å². The van der Waals surface area contributed by atoms with Gasteiger partial charge in [-0.3, -0.25) is 0 Å². The van der Waals surface area contributed by atoms with Crippen molar-refractivity contribution in [2.75, 3.05) is 0 Å². The summed E-state index contributed by atoms with van der Waals surface area (Å²) < 4.78 is 7.02. The van der Waals surface area contributed by atoms with Gasteiger partial charge in [0, 0.05) is 18.9 Å². The monoisotopic (exact) mass is 190 g/mol. The fourth-order valence-electron chi connectivity index (χ4n) is 1.32. The number of furan rings is 1. The van der Waals surface area contributed by atoms with Gasteiger partial charge in [0.25, 0.3) is 0 Å². The van der Waals surface area contributed by atoms with Crippen LogP contribution in [-0.2, 0) is 11.3 Å². The molecule has 2 aromatic rings. The predicted octanol–water partition coefficient (Wildman–Crippen LogP) is 1.46. The number of carbonyl (C=O) groups excluding carboxylic acids is 1. The molecule has 0 radical (unpaired) electrons. The van der Waals surface area contributed by atoms with Gasteiger partial charge in [0.1, 0.15) is 12.0 Å². The van der Waals surface area contributed by atoms with Crippen molar-refractivity contribution < 1.29 is 9.21 Å². The largest absolute Gasteiger partial charge is 0.469 e. The molecule has 0 saturated heterocycles. The summed E-state index contributed by atoms with van der Waals surface area (Å²) in [6.07, 6.45) is 7.64. The van der Waals surface area contributed by atoms with Crippen molar-refractivity contribution in [3.05, 3.63) is 42.9 Å². The highest BCUT2D eigenvalue weighted by Crippen LogP contribution is 2.15. The summed E-state index contributed by atoms with van der Waals surface area (Å²) in [5, 5.41) is 0. The van der Waals surface area contributed by atoms with E-state index in [4.69, 9.17) is 4.42 Å². The number of hydrogen-bond acceptors (Lipinski definition) is 3. The molecule has 0 N–H and O–H groups in total. The molecule has 2 heterocycles. The van der Waals surface area contributed by atoms with Crippen LogP contribution in [-0.4, -0.2) is 15.8 Å². The molecule has 4 heteroatoms. The molecular formula is C10H10N2O2. The fourth-order valence-corrected chi connectivity index (χ4v) is 1.32. The summed E-state index contributed by atoms with van der Waals surface area (Å²) in [4.78, 5) is 14.7. The van der Waals surface area contributed by atoms with Crippen LogP contribution in [0.3, 0.4) is 0 Å². The predicted molar refractivity (Wildman–Crippen MR) is 49.7 cm³/mol. The lowest BCUT2D eigenvalue weighted by molar-refractivity contribution is -0.109. The number of aldehydes is 1. The Morgan fingerprint density at radius 3 is 3.14 bits per heavy atom. The van der Waals surface area contributed by atoms with Gasteiger partial charge < -0.3 is 13.8 Å². The molecule has 1 unspecified atom stereocenters. The summed E-state index contributed by atoms with van der Waals surface area (Å²) in [7, 11) is 0. The zero-order chi connectivity index (χ0) is 9.80. The summed E-state index contributed by atoms with van der Waals surface area (Å²) in [5.74, 6) is 0.452. The smallest absolute Gasteiger partial charge is 0.132 e. The van der Waals surface area contributed by atoms with E-state index in [-0.39, 0.29) is 5.92 Å². The van der Waals surface area contributed by atoms with Gasteiger partial charge in [0.2, 0.25) is 0 Å². The maximum Gasteiger partial charge on any atom is 0.132 e. The third-order valence-electron chi connectivity index (χ3n) is 2.04. The minimum absolute atomic E-state index is 0.237. The number of rotatable bonds is 4. The average Bonchev–Trinajstić information content (AvgIpc) is 2.86. The van der Waals surface area contributed by atoms with Crippen LogP contribution >= 0.6 is 0 Å². The topological polar surface area (TPSA) is 48.0 Å². The first-order chi connectivity index (χ1) is 6.90. The number of imidazole rings is 1. The molecule has 2 rings (SSSR count). The third kappa shape index (κ3) is 1.74. The molecule has 4 nitrogen and oxygen atoms in total. The Morgan fingerprint density at radius 2 is 2.57 bits per heavy atom. The minimum Gasteiger partial charge on any atom is -0.469 e. The van der Waals surface area contributed by atoms with Crippen LogP contribution in [0, 0.1) is 0 Å². The van der Waals surface area contributed by atoms with E-state index in [9.17, 15) is 4.79 Å². The van der Waals surface area contributed by atoms with Gasteiger partial charge in [0.15, 0.2) is 0 Å². The Labute approximate surface area is 81.2 Å². The van der Waals surface area contributed by atoms with Crippen LogP contribution in [0.5, 0.6) is 0 Å². The van der Waals surface area contributed by atoms with Crippen molar-refractivity contribution in [3.63, 3.8) is 0 Å². The molecule has 0 amide bonds. The Morgan fingerprint density at radius 1 is 1.64 bits per heavy atom. The van der Waals surface area contributed by atoms with E-state index in [0.29, 0.717) is 12.3 Å². The first-order valence-corrected chi connectivity index (χ1v) is 4.34. The first kappa shape index (κ1) is 8.74. The molecular weight excluding hydrogens is 180 g/mol. The van der Waals surface area contributed by atoms with E-state index >= 15 is 0 Å². The molecule has 0 bridgehead atoms. The van der Waals surface area contributed by atoms with Crippen molar-refractivity contribution in [2.45, 2.75) is 12.5 Å². The van der Waals surface area contributed by atoms with E-state index in [1.165, 1.54) is 0 Å². The molecule has 0 aliphatic rings.